The van der Waals surface area contributed by atoms with Crippen LogP contribution >= 0.6 is 0 Å². The molecule has 1 unspecified atom stereocenters. The fourth-order valence-electron chi connectivity index (χ4n) is 3.80. The lowest BCUT2D eigenvalue weighted by molar-refractivity contribution is -0.117. The third kappa shape index (κ3) is 3.01. The van der Waals surface area contributed by atoms with Gasteiger partial charge in [0, 0.05) is 23.5 Å². The van der Waals surface area contributed by atoms with Crippen LogP contribution in [-0.4, -0.2) is 21.1 Å². The molecule has 5 nitrogen and oxygen atoms in total. The fraction of sp³-hybridized carbons (Fsp3) is 0.286. The molecule has 0 aliphatic heterocycles. The number of aromatic amines is 1. The van der Waals surface area contributed by atoms with Crippen LogP contribution < -0.4 is 5.32 Å². The first kappa shape index (κ1) is 16.5. The smallest absolute Gasteiger partial charge is 0.233 e. The highest BCUT2D eigenvalue weighted by atomic mass is 16.2. The van der Waals surface area contributed by atoms with Gasteiger partial charge in [-0.05, 0) is 48.9 Å². The Morgan fingerprint density at radius 3 is 2.85 bits per heavy atom. The minimum atomic E-state index is -0.106. The summed E-state index contributed by atoms with van der Waals surface area (Å²) >= 11 is 0. The van der Waals surface area contributed by atoms with Gasteiger partial charge in [-0.2, -0.15) is 5.10 Å². The minimum Gasteiger partial charge on any atom is -0.308 e. The van der Waals surface area contributed by atoms with Gasteiger partial charge in [0.15, 0.2) is 5.82 Å². The molecule has 1 aliphatic carbocycles. The molecule has 4 rings (SSSR count). The van der Waals surface area contributed by atoms with Gasteiger partial charge >= 0.3 is 0 Å². The molecular weight excluding hydrogens is 324 g/mol. The van der Waals surface area contributed by atoms with Crippen molar-refractivity contribution in [2.45, 2.75) is 38.5 Å². The second-order valence-corrected chi connectivity index (χ2v) is 6.65. The van der Waals surface area contributed by atoms with Crippen LogP contribution in [0.4, 0.5) is 5.82 Å². The average Bonchev–Trinajstić information content (AvgIpc) is 3.10. The van der Waals surface area contributed by atoms with Crippen molar-refractivity contribution in [2.24, 2.45) is 0 Å². The lowest BCUT2D eigenvalue weighted by atomic mass is 9.82. The summed E-state index contributed by atoms with van der Waals surface area (Å²) < 4.78 is 0. The molecule has 5 heteroatoms. The van der Waals surface area contributed by atoms with Gasteiger partial charge in [-0.25, -0.2) is 0 Å². The summed E-state index contributed by atoms with van der Waals surface area (Å²) in [7, 11) is 0. The summed E-state index contributed by atoms with van der Waals surface area (Å²) in [5, 5.41) is 10.5. The second-order valence-electron chi connectivity index (χ2n) is 6.65. The van der Waals surface area contributed by atoms with Crippen molar-refractivity contribution < 1.29 is 4.79 Å². The van der Waals surface area contributed by atoms with Gasteiger partial charge in [-0.1, -0.05) is 31.2 Å². The standard InChI is InChI=1S/C21H22N4O/c1-2-16-19(15-10-12-22-13-11-15)24-25-20(16)23-21(26)18-9-5-7-14-6-3-4-8-17(14)18/h3-4,6,8,10-13,18H,2,5,7,9H2,1H3,(H2,23,24,25,26). The number of aryl methyl sites for hydroxylation is 1. The SMILES string of the molecule is CCc1c(NC(=O)C2CCCc3ccccc32)n[nH]c1-c1ccncc1. The lowest BCUT2D eigenvalue weighted by Gasteiger charge is -2.24. The molecule has 1 aliphatic rings. The molecule has 132 valence electrons. The first-order chi connectivity index (χ1) is 12.8. The number of nitrogens with zero attached hydrogens (tertiary/aromatic N) is 2. The molecule has 0 bridgehead atoms. The summed E-state index contributed by atoms with van der Waals surface area (Å²) in [6.45, 7) is 2.07. The third-order valence-corrected chi connectivity index (χ3v) is 5.12. The quantitative estimate of drug-likeness (QED) is 0.747. The van der Waals surface area contributed by atoms with Crippen LogP contribution in [0.25, 0.3) is 11.3 Å². The number of pyridine rings is 1. The molecule has 2 aromatic heterocycles. The molecule has 0 spiro atoms. The van der Waals surface area contributed by atoms with E-state index in [0.29, 0.717) is 5.82 Å². The normalized spacial score (nSPS) is 16.1. The van der Waals surface area contributed by atoms with E-state index in [1.54, 1.807) is 12.4 Å². The first-order valence-corrected chi connectivity index (χ1v) is 9.14. The molecule has 1 amide bonds. The molecule has 1 aromatic carbocycles. The number of H-pyrrole nitrogens is 1. The maximum absolute atomic E-state index is 13.0. The van der Waals surface area contributed by atoms with Crippen LogP contribution in [0.1, 0.15) is 42.4 Å². The Labute approximate surface area is 152 Å². The molecule has 1 atom stereocenters. The van der Waals surface area contributed by atoms with Gasteiger partial charge in [0.25, 0.3) is 0 Å². The molecular formula is C21H22N4O. The van der Waals surface area contributed by atoms with Crippen LogP contribution in [0.5, 0.6) is 0 Å². The van der Waals surface area contributed by atoms with E-state index in [1.807, 2.05) is 24.3 Å². The molecule has 0 fully saturated rings. The monoisotopic (exact) mass is 346 g/mol. The number of hydrogen-bond acceptors (Lipinski definition) is 3. The summed E-state index contributed by atoms with van der Waals surface area (Å²) in [4.78, 5) is 17.0. The van der Waals surface area contributed by atoms with E-state index in [1.165, 1.54) is 5.56 Å². The molecule has 0 radical (unpaired) electrons. The number of nitrogens with one attached hydrogen (secondary N) is 2. The number of rotatable bonds is 4. The number of amides is 1. The van der Waals surface area contributed by atoms with Gasteiger partial charge in [0.05, 0.1) is 11.6 Å². The molecule has 0 saturated heterocycles. The Morgan fingerprint density at radius 2 is 2.04 bits per heavy atom. The maximum Gasteiger partial charge on any atom is 0.233 e. The molecule has 0 saturated carbocycles. The number of anilines is 1. The van der Waals surface area contributed by atoms with E-state index < -0.39 is 0 Å². The highest BCUT2D eigenvalue weighted by molar-refractivity contribution is 5.96. The highest BCUT2D eigenvalue weighted by Crippen LogP contribution is 2.33. The predicted molar refractivity (Wildman–Crippen MR) is 102 cm³/mol. The molecule has 3 aromatic rings. The zero-order valence-corrected chi connectivity index (χ0v) is 14.8. The Bertz CT molecular complexity index is 917. The number of fused-ring (bicyclic) bond motifs is 1. The van der Waals surface area contributed by atoms with Gasteiger partial charge in [0.2, 0.25) is 5.91 Å². The number of aromatic nitrogens is 3. The van der Waals surface area contributed by atoms with Crippen molar-refractivity contribution in [3.63, 3.8) is 0 Å². The molecule has 26 heavy (non-hydrogen) atoms. The summed E-state index contributed by atoms with van der Waals surface area (Å²) in [6, 6.07) is 12.1. The maximum atomic E-state index is 13.0. The number of hydrogen-bond donors (Lipinski definition) is 2. The van der Waals surface area contributed by atoms with E-state index in [-0.39, 0.29) is 11.8 Å². The van der Waals surface area contributed by atoms with Gasteiger partial charge in [0.1, 0.15) is 0 Å². The van der Waals surface area contributed by atoms with Crippen LogP contribution in [-0.2, 0) is 17.6 Å². The Morgan fingerprint density at radius 1 is 1.23 bits per heavy atom. The number of carbonyl (C=O) groups is 1. The van der Waals surface area contributed by atoms with Crippen molar-refractivity contribution >= 4 is 11.7 Å². The minimum absolute atomic E-state index is 0.0274. The van der Waals surface area contributed by atoms with Crippen LogP contribution in [0, 0.1) is 0 Å². The predicted octanol–water partition coefficient (Wildman–Crippen LogP) is 4.09. The van der Waals surface area contributed by atoms with Gasteiger partial charge < -0.3 is 5.32 Å². The lowest BCUT2D eigenvalue weighted by Crippen LogP contribution is -2.25. The summed E-state index contributed by atoms with van der Waals surface area (Å²) in [5.74, 6) is 0.553. The second kappa shape index (κ2) is 7.12. The fourth-order valence-corrected chi connectivity index (χ4v) is 3.80. The zero-order valence-electron chi connectivity index (χ0n) is 14.8. The van der Waals surface area contributed by atoms with Crippen LogP contribution in [0.15, 0.2) is 48.8 Å². The largest absolute Gasteiger partial charge is 0.308 e. The van der Waals surface area contributed by atoms with Crippen molar-refractivity contribution in [3.8, 4) is 11.3 Å². The van der Waals surface area contributed by atoms with Gasteiger partial charge in [-0.15, -0.1) is 0 Å². The molecule has 2 N–H and O–H groups in total. The van der Waals surface area contributed by atoms with Crippen molar-refractivity contribution in [2.75, 3.05) is 5.32 Å². The highest BCUT2D eigenvalue weighted by Gasteiger charge is 2.27. The van der Waals surface area contributed by atoms with E-state index in [9.17, 15) is 4.79 Å². The first-order valence-electron chi connectivity index (χ1n) is 9.14. The van der Waals surface area contributed by atoms with Gasteiger partial charge in [-0.3, -0.25) is 14.9 Å². The average molecular weight is 346 g/mol. The Kier molecular flexibility index (Phi) is 4.52. The summed E-state index contributed by atoms with van der Waals surface area (Å²) in [5.41, 5.74) is 5.42. The topological polar surface area (TPSA) is 70.7 Å². The van der Waals surface area contributed by atoms with E-state index in [2.05, 4.69) is 39.6 Å². The number of carbonyl (C=O) groups excluding carboxylic acids is 1. The molecule has 2 heterocycles. The van der Waals surface area contributed by atoms with E-state index in [4.69, 9.17) is 0 Å². The number of benzene rings is 1. The van der Waals surface area contributed by atoms with Crippen LogP contribution in [0.3, 0.4) is 0 Å². The van der Waals surface area contributed by atoms with Crippen molar-refractivity contribution in [3.05, 3.63) is 65.5 Å². The van der Waals surface area contributed by atoms with E-state index >= 15 is 0 Å². The van der Waals surface area contributed by atoms with Crippen LogP contribution in [0.2, 0.25) is 0 Å². The summed E-state index contributed by atoms with van der Waals surface area (Å²) in [6.07, 6.45) is 7.27. The van der Waals surface area contributed by atoms with E-state index in [0.717, 1.165) is 48.1 Å². The Hall–Kier alpha value is -2.95. The Balaban J connectivity index is 1.61. The third-order valence-electron chi connectivity index (χ3n) is 5.12. The zero-order chi connectivity index (χ0) is 17.9. The van der Waals surface area contributed by atoms with Crippen molar-refractivity contribution in [1.82, 2.24) is 15.2 Å². The van der Waals surface area contributed by atoms with Crippen molar-refractivity contribution in [1.29, 1.82) is 0 Å².